The second kappa shape index (κ2) is 15.0. The number of rotatable bonds is 13. The lowest BCUT2D eigenvalue weighted by atomic mass is 9.90. The van der Waals surface area contributed by atoms with Gasteiger partial charge >= 0.3 is 18.0 Å². The first-order chi connectivity index (χ1) is 17.0. The smallest absolute Gasteiger partial charge is 0.408 e. The van der Waals surface area contributed by atoms with Crippen molar-refractivity contribution >= 4 is 29.8 Å². The van der Waals surface area contributed by atoms with E-state index in [-0.39, 0.29) is 31.1 Å². The molecular formula is C25H42N4O8. The van der Waals surface area contributed by atoms with Gasteiger partial charge in [-0.3, -0.25) is 9.59 Å². The van der Waals surface area contributed by atoms with Crippen LogP contribution in [0.25, 0.3) is 0 Å². The van der Waals surface area contributed by atoms with Crippen molar-refractivity contribution in [3.63, 3.8) is 0 Å². The molecule has 0 aromatic rings. The largest absolute Gasteiger partial charge is 0.467 e. The Labute approximate surface area is 219 Å². The van der Waals surface area contributed by atoms with Gasteiger partial charge in [0.05, 0.1) is 20.3 Å². The molecule has 0 saturated carbocycles. The van der Waals surface area contributed by atoms with Crippen LogP contribution in [0.3, 0.4) is 0 Å². The molecule has 3 amide bonds. The highest BCUT2D eigenvalue weighted by molar-refractivity contribution is 6.11. The molecule has 0 saturated heterocycles. The molecule has 0 aromatic carbocycles. The Morgan fingerprint density at radius 3 is 1.84 bits per heavy atom. The fraction of sp³-hybridized carbons (Fsp3) is 0.760. The number of ether oxygens (including phenoxy) is 3. The fourth-order valence-electron chi connectivity index (χ4n) is 3.46. The minimum absolute atomic E-state index is 0.0286. The van der Waals surface area contributed by atoms with Crippen molar-refractivity contribution < 1.29 is 38.2 Å². The van der Waals surface area contributed by atoms with E-state index in [2.05, 4.69) is 16.0 Å². The summed E-state index contributed by atoms with van der Waals surface area (Å²) in [4.78, 5) is 64.6. The van der Waals surface area contributed by atoms with Crippen molar-refractivity contribution in [3.8, 4) is 6.07 Å². The first-order valence-electron chi connectivity index (χ1n) is 12.2. The minimum atomic E-state index is -2.35. The van der Waals surface area contributed by atoms with E-state index in [1.54, 1.807) is 20.8 Å². The first-order valence-corrected chi connectivity index (χ1v) is 12.2. The summed E-state index contributed by atoms with van der Waals surface area (Å²) in [6.45, 7) is 12.3. The summed E-state index contributed by atoms with van der Waals surface area (Å²) in [7, 11) is 2.19. The maximum absolute atomic E-state index is 13.5. The number of nitriles is 1. The molecule has 0 spiro atoms. The summed E-state index contributed by atoms with van der Waals surface area (Å²) in [5, 5.41) is 16.5. The summed E-state index contributed by atoms with van der Waals surface area (Å²) in [5.74, 6) is -3.88. The Kier molecular flexibility index (Phi) is 13.7. The highest BCUT2D eigenvalue weighted by Gasteiger charge is 2.50. The predicted molar refractivity (Wildman–Crippen MR) is 134 cm³/mol. The van der Waals surface area contributed by atoms with Crippen LogP contribution in [0.4, 0.5) is 4.79 Å². The van der Waals surface area contributed by atoms with E-state index in [0.717, 1.165) is 14.2 Å². The SMILES string of the molecule is COC(=O)[C@H](CC(C)C)NC(=O)C(CCC#N)(NC(=O)[C@H](CC(C)C)NC(=O)OC(C)(C)C)C(=O)OC. The van der Waals surface area contributed by atoms with Crippen LogP contribution in [0.1, 0.15) is 74.1 Å². The number of esters is 2. The highest BCUT2D eigenvalue weighted by atomic mass is 16.6. The zero-order valence-corrected chi connectivity index (χ0v) is 23.4. The minimum Gasteiger partial charge on any atom is -0.467 e. The molecule has 1 unspecified atom stereocenters. The summed E-state index contributed by atoms with van der Waals surface area (Å²) >= 11 is 0. The van der Waals surface area contributed by atoms with Crippen LogP contribution >= 0.6 is 0 Å². The number of hydrogen-bond donors (Lipinski definition) is 3. The Morgan fingerprint density at radius 1 is 0.865 bits per heavy atom. The van der Waals surface area contributed by atoms with Crippen LogP contribution in [-0.4, -0.2) is 67.3 Å². The van der Waals surface area contributed by atoms with E-state index >= 15 is 0 Å². The summed E-state index contributed by atoms with van der Waals surface area (Å²) in [6.07, 6.45) is -1.26. The molecule has 210 valence electrons. The standard InChI is InChI=1S/C25H42N4O8/c1-15(2)13-17(28-23(34)37-24(5,6)7)19(30)29-25(11-10-12-26,22(33)36-9)21(32)27-18(14-16(3)4)20(31)35-8/h15-18H,10-11,13-14H2,1-9H3,(H,27,32)(H,28,34)(H,29,30)/t17-,18-,25?/m0/s1. The molecule has 37 heavy (non-hydrogen) atoms. The molecule has 3 N–H and O–H groups in total. The number of methoxy groups -OCH3 is 2. The van der Waals surface area contributed by atoms with Gasteiger partial charge in [0, 0.05) is 12.8 Å². The topological polar surface area (TPSA) is 173 Å². The second-order valence-corrected chi connectivity index (χ2v) is 10.6. The summed E-state index contributed by atoms with van der Waals surface area (Å²) < 4.78 is 14.9. The van der Waals surface area contributed by atoms with Crippen LogP contribution in [0, 0.1) is 23.2 Å². The maximum atomic E-state index is 13.5. The molecule has 0 aliphatic heterocycles. The van der Waals surface area contributed by atoms with Gasteiger partial charge in [-0.2, -0.15) is 5.26 Å². The van der Waals surface area contributed by atoms with Crippen LogP contribution in [0.15, 0.2) is 0 Å². The molecular weight excluding hydrogens is 484 g/mol. The Morgan fingerprint density at radius 2 is 1.41 bits per heavy atom. The van der Waals surface area contributed by atoms with Crippen molar-refractivity contribution in [2.45, 2.75) is 97.4 Å². The van der Waals surface area contributed by atoms with Crippen molar-refractivity contribution in [3.05, 3.63) is 0 Å². The quantitative estimate of drug-likeness (QED) is 0.184. The second-order valence-electron chi connectivity index (χ2n) is 10.6. The number of alkyl carbamates (subject to hydrolysis) is 1. The van der Waals surface area contributed by atoms with E-state index < -0.39 is 59.5 Å². The fourth-order valence-corrected chi connectivity index (χ4v) is 3.46. The van der Waals surface area contributed by atoms with Gasteiger partial charge in [0.1, 0.15) is 17.7 Å². The molecule has 0 aliphatic rings. The number of carbonyl (C=O) groups excluding carboxylic acids is 5. The Bertz CT molecular complexity index is 860. The lowest BCUT2D eigenvalue weighted by Gasteiger charge is -2.33. The van der Waals surface area contributed by atoms with E-state index in [0.29, 0.717) is 0 Å². The highest BCUT2D eigenvalue weighted by Crippen LogP contribution is 2.19. The van der Waals surface area contributed by atoms with Crippen LogP contribution < -0.4 is 16.0 Å². The van der Waals surface area contributed by atoms with Gasteiger partial charge in [-0.1, -0.05) is 27.7 Å². The Hall–Kier alpha value is -3.36. The van der Waals surface area contributed by atoms with Crippen LogP contribution in [0.5, 0.6) is 0 Å². The van der Waals surface area contributed by atoms with E-state index in [9.17, 15) is 29.2 Å². The van der Waals surface area contributed by atoms with Gasteiger partial charge in [0.25, 0.3) is 5.91 Å². The number of nitrogens with one attached hydrogen (secondary N) is 3. The third kappa shape index (κ3) is 11.5. The van der Waals surface area contributed by atoms with Gasteiger partial charge in [-0.05, 0) is 45.4 Å². The monoisotopic (exact) mass is 526 g/mol. The van der Waals surface area contributed by atoms with Gasteiger partial charge in [-0.15, -0.1) is 0 Å². The average Bonchev–Trinajstić information content (AvgIpc) is 2.77. The van der Waals surface area contributed by atoms with Crippen LogP contribution in [-0.2, 0) is 33.4 Å². The average molecular weight is 527 g/mol. The van der Waals surface area contributed by atoms with E-state index in [1.807, 2.05) is 33.8 Å². The first kappa shape index (κ1) is 33.6. The number of amides is 3. The molecule has 0 heterocycles. The molecule has 0 radical (unpaired) electrons. The van der Waals surface area contributed by atoms with Gasteiger partial charge < -0.3 is 30.2 Å². The molecule has 0 bridgehead atoms. The lowest BCUT2D eigenvalue weighted by molar-refractivity contribution is -0.158. The normalized spacial score (nSPS) is 14.4. The molecule has 0 aliphatic carbocycles. The third-order valence-electron chi connectivity index (χ3n) is 5.08. The predicted octanol–water partition coefficient (Wildman–Crippen LogP) is 1.96. The number of carbonyl (C=O) groups is 5. The van der Waals surface area contributed by atoms with Gasteiger partial charge in [0.15, 0.2) is 0 Å². The molecule has 3 atom stereocenters. The molecule has 0 rings (SSSR count). The maximum Gasteiger partial charge on any atom is 0.408 e. The third-order valence-corrected chi connectivity index (χ3v) is 5.08. The van der Waals surface area contributed by atoms with Crippen molar-refractivity contribution in [2.24, 2.45) is 11.8 Å². The molecule has 0 fully saturated rings. The van der Waals surface area contributed by atoms with Gasteiger partial charge in [0.2, 0.25) is 11.4 Å². The Balaban J connectivity index is 6.35. The molecule has 12 heteroatoms. The molecule has 0 aromatic heterocycles. The van der Waals surface area contributed by atoms with Crippen molar-refractivity contribution in [1.29, 1.82) is 5.26 Å². The van der Waals surface area contributed by atoms with E-state index in [4.69, 9.17) is 14.2 Å². The van der Waals surface area contributed by atoms with Crippen molar-refractivity contribution in [2.75, 3.05) is 14.2 Å². The van der Waals surface area contributed by atoms with Crippen LogP contribution in [0.2, 0.25) is 0 Å². The van der Waals surface area contributed by atoms with Crippen molar-refractivity contribution in [1.82, 2.24) is 16.0 Å². The zero-order chi connectivity index (χ0) is 29.0. The number of nitrogens with zero attached hydrogens (tertiary/aromatic N) is 1. The molecule has 12 nitrogen and oxygen atoms in total. The van der Waals surface area contributed by atoms with E-state index in [1.165, 1.54) is 0 Å². The summed E-state index contributed by atoms with van der Waals surface area (Å²) in [5.41, 5.74) is -3.18. The van der Waals surface area contributed by atoms with Gasteiger partial charge in [-0.25, -0.2) is 14.4 Å². The number of hydrogen-bond acceptors (Lipinski definition) is 9. The zero-order valence-electron chi connectivity index (χ0n) is 23.4. The lowest BCUT2D eigenvalue weighted by Crippen LogP contribution is -2.68. The summed E-state index contributed by atoms with van der Waals surface area (Å²) in [6, 6.07) is -0.450.